The summed E-state index contributed by atoms with van der Waals surface area (Å²) in [7, 11) is 0. The van der Waals surface area contributed by atoms with Crippen LogP contribution in [0.25, 0.3) is 10.9 Å². The van der Waals surface area contributed by atoms with Gasteiger partial charge in [-0.05, 0) is 79.6 Å². The van der Waals surface area contributed by atoms with Crippen molar-refractivity contribution in [1.82, 2.24) is 4.98 Å². The van der Waals surface area contributed by atoms with Gasteiger partial charge < -0.3 is 10.3 Å². The van der Waals surface area contributed by atoms with Crippen LogP contribution < -0.4 is 10.9 Å². The summed E-state index contributed by atoms with van der Waals surface area (Å²) in [5, 5.41) is 4.46. The van der Waals surface area contributed by atoms with E-state index < -0.39 is 0 Å². The van der Waals surface area contributed by atoms with Crippen LogP contribution >= 0.6 is 0 Å². The highest BCUT2D eigenvalue weighted by atomic mass is 16.1. The Morgan fingerprint density at radius 1 is 0.913 bits per heavy atom. The molecule has 0 radical (unpaired) electrons. The average Bonchev–Trinajstić information content (AvgIpc) is 2.50. The van der Waals surface area contributed by atoms with Gasteiger partial charge in [-0.25, -0.2) is 0 Å². The number of aromatic amines is 1. The van der Waals surface area contributed by atoms with Crippen molar-refractivity contribution in [3.05, 3.63) is 74.6 Å². The summed E-state index contributed by atoms with van der Waals surface area (Å²) >= 11 is 0. The summed E-state index contributed by atoms with van der Waals surface area (Å²) in [6.45, 7) is 8.80. The van der Waals surface area contributed by atoms with Crippen molar-refractivity contribution in [3.63, 3.8) is 0 Å². The third-order valence-electron chi connectivity index (χ3n) is 4.40. The Morgan fingerprint density at radius 2 is 1.65 bits per heavy atom. The topological polar surface area (TPSA) is 44.9 Å². The molecular formula is C20H22N2O. The predicted octanol–water partition coefficient (Wildman–Crippen LogP) is 4.37. The van der Waals surface area contributed by atoms with E-state index in [-0.39, 0.29) is 5.56 Å². The Bertz CT molecular complexity index is 938. The predicted molar refractivity (Wildman–Crippen MR) is 97.3 cm³/mol. The number of benzene rings is 2. The molecular weight excluding hydrogens is 284 g/mol. The molecule has 0 aliphatic heterocycles. The molecule has 0 saturated heterocycles. The Morgan fingerprint density at radius 3 is 2.43 bits per heavy atom. The minimum Gasteiger partial charge on any atom is -0.381 e. The molecule has 118 valence electrons. The minimum absolute atomic E-state index is 0.0291. The summed E-state index contributed by atoms with van der Waals surface area (Å²) in [4.78, 5) is 15.3. The van der Waals surface area contributed by atoms with E-state index in [0.717, 1.165) is 22.2 Å². The molecule has 3 rings (SSSR count). The number of anilines is 1. The van der Waals surface area contributed by atoms with E-state index in [1.165, 1.54) is 22.3 Å². The third kappa shape index (κ3) is 3.14. The molecule has 3 aromatic rings. The lowest BCUT2D eigenvalue weighted by atomic mass is 10.0. The number of rotatable bonds is 3. The molecule has 0 spiro atoms. The first-order valence-corrected chi connectivity index (χ1v) is 7.88. The van der Waals surface area contributed by atoms with E-state index in [0.29, 0.717) is 6.54 Å². The van der Waals surface area contributed by atoms with Crippen molar-refractivity contribution >= 4 is 16.6 Å². The van der Waals surface area contributed by atoms with Gasteiger partial charge >= 0.3 is 0 Å². The van der Waals surface area contributed by atoms with Gasteiger partial charge in [-0.15, -0.1) is 0 Å². The van der Waals surface area contributed by atoms with Gasteiger partial charge in [0.05, 0.1) is 0 Å². The molecule has 0 bridgehead atoms. The van der Waals surface area contributed by atoms with Crippen LogP contribution in [0.5, 0.6) is 0 Å². The van der Waals surface area contributed by atoms with Crippen molar-refractivity contribution in [3.8, 4) is 0 Å². The number of fused-ring (bicyclic) bond motifs is 1. The zero-order valence-corrected chi connectivity index (χ0v) is 14.1. The van der Waals surface area contributed by atoms with Crippen molar-refractivity contribution in [2.45, 2.75) is 34.2 Å². The highest BCUT2D eigenvalue weighted by Gasteiger charge is 2.06. The number of H-pyrrole nitrogens is 1. The molecule has 0 fully saturated rings. The number of aryl methyl sites for hydroxylation is 4. The monoisotopic (exact) mass is 306 g/mol. The third-order valence-corrected chi connectivity index (χ3v) is 4.40. The van der Waals surface area contributed by atoms with Crippen molar-refractivity contribution < 1.29 is 0 Å². The van der Waals surface area contributed by atoms with E-state index in [2.05, 4.69) is 62.3 Å². The first-order chi connectivity index (χ1) is 10.9. The number of pyridine rings is 1. The van der Waals surface area contributed by atoms with Gasteiger partial charge in [0, 0.05) is 23.3 Å². The molecule has 0 amide bonds. The quantitative estimate of drug-likeness (QED) is 0.754. The number of hydrogen-bond donors (Lipinski definition) is 2. The average molecular weight is 306 g/mol. The van der Waals surface area contributed by atoms with Crippen molar-refractivity contribution in [1.29, 1.82) is 0 Å². The second-order valence-electron chi connectivity index (χ2n) is 6.32. The molecule has 0 aliphatic carbocycles. The molecule has 1 aromatic heterocycles. The van der Waals surface area contributed by atoms with Crippen LogP contribution in [-0.2, 0) is 6.54 Å². The smallest absolute Gasteiger partial charge is 0.253 e. The fourth-order valence-corrected chi connectivity index (χ4v) is 2.77. The zero-order valence-electron chi connectivity index (χ0n) is 14.1. The van der Waals surface area contributed by atoms with Gasteiger partial charge in [0.15, 0.2) is 0 Å². The van der Waals surface area contributed by atoms with Crippen molar-refractivity contribution in [2.75, 3.05) is 5.32 Å². The first-order valence-electron chi connectivity index (χ1n) is 7.88. The summed E-state index contributed by atoms with van der Waals surface area (Å²) in [6.07, 6.45) is 0. The van der Waals surface area contributed by atoms with Gasteiger partial charge in [0.2, 0.25) is 0 Å². The second-order valence-corrected chi connectivity index (χ2v) is 6.32. The maximum absolute atomic E-state index is 12.3. The number of nitrogens with one attached hydrogen (secondary N) is 2. The zero-order chi connectivity index (χ0) is 16.6. The molecule has 23 heavy (non-hydrogen) atoms. The maximum Gasteiger partial charge on any atom is 0.253 e. The van der Waals surface area contributed by atoms with E-state index in [4.69, 9.17) is 0 Å². The highest BCUT2D eigenvalue weighted by Crippen LogP contribution is 2.19. The molecule has 0 aliphatic rings. The van der Waals surface area contributed by atoms with Crippen LogP contribution in [0.2, 0.25) is 0 Å². The largest absolute Gasteiger partial charge is 0.381 e. The fourth-order valence-electron chi connectivity index (χ4n) is 2.77. The summed E-state index contributed by atoms with van der Waals surface area (Å²) < 4.78 is 0. The minimum atomic E-state index is -0.0291. The van der Waals surface area contributed by atoms with Gasteiger partial charge in [-0.1, -0.05) is 12.1 Å². The van der Waals surface area contributed by atoms with E-state index >= 15 is 0 Å². The first kappa shape index (κ1) is 15.3. The molecule has 0 unspecified atom stereocenters. The van der Waals surface area contributed by atoms with Crippen LogP contribution in [-0.4, -0.2) is 4.98 Å². The summed E-state index contributed by atoms with van der Waals surface area (Å²) in [5.41, 5.74) is 7.50. The molecule has 0 atom stereocenters. The van der Waals surface area contributed by atoms with Gasteiger partial charge in [-0.3, -0.25) is 4.79 Å². The lowest BCUT2D eigenvalue weighted by Gasteiger charge is -2.11. The SMILES string of the molecule is Cc1ccc(C)c(NCc2cc3cc(C)c(C)cc3[nH]c2=O)c1. The molecule has 2 aromatic carbocycles. The summed E-state index contributed by atoms with van der Waals surface area (Å²) in [5.74, 6) is 0. The Labute approximate surface area is 136 Å². The van der Waals surface area contributed by atoms with E-state index in [1.54, 1.807) is 0 Å². The lowest BCUT2D eigenvalue weighted by Crippen LogP contribution is -2.16. The van der Waals surface area contributed by atoms with Gasteiger partial charge in [0.25, 0.3) is 5.56 Å². The van der Waals surface area contributed by atoms with E-state index in [9.17, 15) is 4.79 Å². The van der Waals surface area contributed by atoms with Crippen molar-refractivity contribution in [2.24, 2.45) is 0 Å². The molecule has 0 saturated carbocycles. The normalized spacial score (nSPS) is 11.0. The second kappa shape index (κ2) is 5.92. The number of hydrogen-bond acceptors (Lipinski definition) is 2. The standard InChI is InChI=1S/C20H22N2O/c1-12-5-6-13(2)18(7-12)21-11-17-10-16-8-14(3)15(4)9-19(16)22-20(17)23/h5-10,21H,11H2,1-4H3,(H,22,23). The summed E-state index contributed by atoms with van der Waals surface area (Å²) in [6, 6.07) is 12.4. The fraction of sp³-hybridized carbons (Fsp3) is 0.250. The molecule has 3 heteroatoms. The Balaban J connectivity index is 1.94. The van der Waals surface area contributed by atoms with Crippen LogP contribution in [0.15, 0.2) is 41.2 Å². The molecule has 3 nitrogen and oxygen atoms in total. The number of aromatic nitrogens is 1. The maximum atomic E-state index is 12.3. The Kier molecular flexibility index (Phi) is 3.95. The highest BCUT2D eigenvalue weighted by molar-refractivity contribution is 5.80. The van der Waals surface area contributed by atoms with Gasteiger partial charge in [0.1, 0.15) is 0 Å². The Hall–Kier alpha value is -2.55. The lowest BCUT2D eigenvalue weighted by molar-refractivity contribution is 1.08. The van der Waals surface area contributed by atoms with Crippen LogP contribution in [0.1, 0.15) is 27.8 Å². The van der Waals surface area contributed by atoms with Gasteiger partial charge in [-0.2, -0.15) is 0 Å². The molecule has 2 N–H and O–H groups in total. The van der Waals surface area contributed by atoms with Crippen LogP contribution in [0.4, 0.5) is 5.69 Å². The van der Waals surface area contributed by atoms with Crippen LogP contribution in [0.3, 0.4) is 0 Å². The van der Waals surface area contributed by atoms with Crippen LogP contribution in [0, 0.1) is 27.7 Å². The molecule has 1 heterocycles. The van der Waals surface area contributed by atoms with E-state index in [1.807, 2.05) is 12.1 Å².